The van der Waals surface area contributed by atoms with E-state index in [2.05, 4.69) is 38.7 Å². The average molecular weight is 481 g/mol. The zero-order valence-electron chi connectivity index (χ0n) is 18.3. The third kappa shape index (κ3) is 3.75. The molecule has 0 saturated carbocycles. The number of urea groups is 1. The molecule has 0 unspecified atom stereocenters. The Morgan fingerprint density at radius 3 is 2.91 bits per heavy atom. The van der Waals surface area contributed by atoms with E-state index in [0.29, 0.717) is 39.4 Å². The van der Waals surface area contributed by atoms with Crippen LogP contribution in [0.3, 0.4) is 0 Å². The quantitative estimate of drug-likeness (QED) is 0.573. The van der Waals surface area contributed by atoms with Gasteiger partial charge in [0.2, 0.25) is 0 Å². The number of benzene rings is 1. The lowest BCUT2D eigenvalue weighted by atomic mass is 10.0. The third-order valence-corrected chi connectivity index (χ3v) is 8.30. The molecule has 8 nitrogen and oxygen atoms in total. The number of carbonyl (C=O) groups excluding carboxylic acids is 1. The van der Waals surface area contributed by atoms with E-state index in [4.69, 9.17) is 4.74 Å². The van der Waals surface area contributed by atoms with Crippen molar-refractivity contribution in [3.63, 3.8) is 0 Å². The van der Waals surface area contributed by atoms with Gasteiger partial charge in [0, 0.05) is 35.6 Å². The second-order valence-corrected chi connectivity index (χ2v) is 10.2. The summed E-state index contributed by atoms with van der Waals surface area (Å²) in [6, 6.07) is 4.48. The molecule has 10 heteroatoms. The Morgan fingerprint density at radius 2 is 2.06 bits per heavy atom. The summed E-state index contributed by atoms with van der Waals surface area (Å²) in [6.07, 6.45) is 6.45. The number of fused-ring (bicyclic) bond motifs is 4. The second-order valence-electron chi connectivity index (χ2n) is 8.31. The largest absolute Gasteiger partial charge is 0.378 e. The number of aliphatic imine (C=N–C) groups is 1. The molecule has 2 amide bonds. The van der Waals surface area contributed by atoms with Crippen LogP contribution in [-0.2, 0) is 24.2 Å². The lowest BCUT2D eigenvalue weighted by molar-refractivity contribution is 0.0423. The standard InChI is InChI=1S/C23H24N6O2S2/c1-32-18-9-15-11-24-10-14(15)8-17(18)27-21-20-16-2-3-29(23(30)28-4-6-31-7-5-28)12-19(16)33-22(20)26-13-25-21/h8-10,13H,2-7,11-12H2,1H3,(H,25,26,27). The number of nitrogens with zero attached hydrogens (tertiary/aromatic N) is 5. The molecule has 5 heterocycles. The number of ether oxygens (including phenoxy) is 1. The maximum Gasteiger partial charge on any atom is 0.320 e. The van der Waals surface area contributed by atoms with Crippen molar-refractivity contribution in [2.24, 2.45) is 4.99 Å². The number of morpholine rings is 1. The van der Waals surface area contributed by atoms with Crippen molar-refractivity contribution >= 4 is 57.1 Å². The summed E-state index contributed by atoms with van der Waals surface area (Å²) in [5.74, 6) is 0.829. The first-order chi connectivity index (χ1) is 16.2. The predicted molar refractivity (Wildman–Crippen MR) is 132 cm³/mol. The molecule has 3 aliphatic heterocycles. The Morgan fingerprint density at radius 1 is 1.18 bits per heavy atom. The molecule has 170 valence electrons. The van der Waals surface area contributed by atoms with Gasteiger partial charge in [-0.3, -0.25) is 4.99 Å². The second kappa shape index (κ2) is 8.58. The van der Waals surface area contributed by atoms with Crippen molar-refractivity contribution in [2.45, 2.75) is 24.4 Å². The minimum absolute atomic E-state index is 0.107. The number of aromatic nitrogens is 2. The van der Waals surface area contributed by atoms with E-state index in [-0.39, 0.29) is 6.03 Å². The van der Waals surface area contributed by atoms with Gasteiger partial charge in [-0.1, -0.05) is 0 Å². The minimum Gasteiger partial charge on any atom is -0.378 e. The van der Waals surface area contributed by atoms with E-state index >= 15 is 0 Å². The van der Waals surface area contributed by atoms with Gasteiger partial charge in [-0.2, -0.15) is 0 Å². The molecule has 3 aromatic rings. The molecule has 3 aliphatic rings. The van der Waals surface area contributed by atoms with Gasteiger partial charge in [0.05, 0.1) is 37.4 Å². The lowest BCUT2D eigenvalue weighted by Crippen LogP contribution is -2.49. The number of carbonyl (C=O) groups is 1. The molecule has 1 N–H and O–H groups in total. The van der Waals surface area contributed by atoms with Crippen molar-refractivity contribution in [2.75, 3.05) is 44.4 Å². The summed E-state index contributed by atoms with van der Waals surface area (Å²) in [7, 11) is 0. The van der Waals surface area contributed by atoms with E-state index < -0.39 is 0 Å². The molecule has 0 bridgehead atoms. The van der Waals surface area contributed by atoms with Crippen LogP contribution in [0.2, 0.25) is 0 Å². The van der Waals surface area contributed by atoms with Crippen molar-refractivity contribution < 1.29 is 9.53 Å². The molecule has 6 rings (SSSR count). The van der Waals surface area contributed by atoms with Crippen molar-refractivity contribution in [1.82, 2.24) is 19.8 Å². The first-order valence-electron chi connectivity index (χ1n) is 11.1. The average Bonchev–Trinajstić information content (AvgIpc) is 3.47. The van der Waals surface area contributed by atoms with E-state index in [9.17, 15) is 4.79 Å². The number of amides is 2. The zero-order chi connectivity index (χ0) is 22.4. The van der Waals surface area contributed by atoms with E-state index in [0.717, 1.165) is 40.3 Å². The number of hydrogen-bond acceptors (Lipinski definition) is 8. The van der Waals surface area contributed by atoms with Crippen LogP contribution in [0.25, 0.3) is 10.2 Å². The summed E-state index contributed by atoms with van der Waals surface area (Å²) in [5, 5.41) is 4.67. The zero-order valence-corrected chi connectivity index (χ0v) is 20.0. The van der Waals surface area contributed by atoms with Gasteiger partial charge in [-0.05, 0) is 41.5 Å². The van der Waals surface area contributed by atoms with Crippen molar-refractivity contribution in [3.8, 4) is 0 Å². The highest BCUT2D eigenvalue weighted by Gasteiger charge is 2.29. The van der Waals surface area contributed by atoms with Crippen molar-refractivity contribution in [1.29, 1.82) is 0 Å². The van der Waals surface area contributed by atoms with Crippen LogP contribution >= 0.6 is 23.1 Å². The van der Waals surface area contributed by atoms with Gasteiger partial charge in [0.25, 0.3) is 0 Å². The molecular weight excluding hydrogens is 456 g/mol. The number of hydrogen-bond donors (Lipinski definition) is 1. The van der Waals surface area contributed by atoms with Crippen LogP contribution in [0.15, 0.2) is 28.3 Å². The Bertz CT molecular complexity index is 1270. The number of anilines is 2. The summed E-state index contributed by atoms with van der Waals surface area (Å²) < 4.78 is 5.40. The maximum absolute atomic E-state index is 13.0. The predicted octanol–water partition coefficient (Wildman–Crippen LogP) is 3.90. The monoisotopic (exact) mass is 480 g/mol. The van der Waals surface area contributed by atoms with Gasteiger partial charge in [0.1, 0.15) is 17.0 Å². The summed E-state index contributed by atoms with van der Waals surface area (Å²) in [6.45, 7) is 4.63. The van der Waals surface area contributed by atoms with Crippen LogP contribution in [0, 0.1) is 0 Å². The Labute approximate surface area is 200 Å². The lowest BCUT2D eigenvalue weighted by Gasteiger charge is -2.34. The van der Waals surface area contributed by atoms with E-state index in [1.54, 1.807) is 29.4 Å². The van der Waals surface area contributed by atoms with Gasteiger partial charge in [-0.25, -0.2) is 14.8 Å². The van der Waals surface area contributed by atoms with E-state index in [1.807, 2.05) is 16.0 Å². The van der Waals surface area contributed by atoms with Gasteiger partial charge in [-0.15, -0.1) is 23.1 Å². The SMILES string of the molecule is CSc1cc2c(cc1Nc1ncnc3sc4c(c13)CCN(C(=O)N1CCOCC1)C4)C=NC2. The Kier molecular flexibility index (Phi) is 5.43. The fourth-order valence-electron chi connectivity index (χ4n) is 4.67. The molecule has 1 fully saturated rings. The first kappa shape index (κ1) is 20.9. The Hall–Kier alpha value is -2.69. The molecule has 0 spiro atoms. The topological polar surface area (TPSA) is 83.0 Å². The van der Waals surface area contributed by atoms with Crippen LogP contribution in [0.5, 0.6) is 0 Å². The third-order valence-electron chi connectivity index (χ3n) is 6.40. The number of nitrogens with one attached hydrogen (secondary N) is 1. The molecule has 1 aromatic carbocycles. The van der Waals surface area contributed by atoms with Crippen LogP contribution in [0.1, 0.15) is 21.6 Å². The van der Waals surface area contributed by atoms with Gasteiger partial charge < -0.3 is 19.9 Å². The number of thioether (sulfide) groups is 1. The normalized spacial score (nSPS) is 17.4. The highest BCUT2D eigenvalue weighted by Crippen LogP contribution is 2.40. The van der Waals surface area contributed by atoms with E-state index in [1.165, 1.54) is 20.9 Å². The summed E-state index contributed by atoms with van der Waals surface area (Å²) >= 11 is 3.39. The molecule has 0 aliphatic carbocycles. The minimum atomic E-state index is 0.107. The van der Waals surface area contributed by atoms with Crippen LogP contribution < -0.4 is 5.32 Å². The molecule has 33 heavy (non-hydrogen) atoms. The fourth-order valence-corrected chi connectivity index (χ4v) is 6.47. The molecule has 0 radical (unpaired) electrons. The number of rotatable bonds is 3. The van der Waals surface area contributed by atoms with Crippen molar-refractivity contribution in [3.05, 3.63) is 40.0 Å². The highest BCUT2D eigenvalue weighted by atomic mass is 32.2. The molecule has 0 atom stereocenters. The Balaban J connectivity index is 1.31. The molecule has 2 aromatic heterocycles. The smallest absolute Gasteiger partial charge is 0.320 e. The summed E-state index contributed by atoms with van der Waals surface area (Å²) in [4.78, 5) is 33.8. The van der Waals surface area contributed by atoms with Gasteiger partial charge >= 0.3 is 6.03 Å². The number of thiophene rings is 1. The highest BCUT2D eigenvalue weighted by molar-refractivity contribution is 7.98. The molecule has 1 saturated heterocycles. The maximum atomic E-state index is 13.0. The first-order valence-corrected chi connectivity index (χ1v) is 13.1. The van der Waals surface area contributed by atoms with Gasteiger partial charge in [0.15, 0.2) is 0 Å². The fraction of sp³-hybridized carbons (Fsp3) is 0.391. The summed E-state index contributed by atoms with van der Waals surface area (Å²) in [5.41, 5.74) is 4.72. The van der Waals surface area contributed by atoms with Crippen LogP contribution in [0.4, 0.5) is 16.3 Å². The molecular formula is C23H24N6O2S2. The van der Waals surface area contributed by atoms with Crippen LogP contribution in [-0.4, -0.2) is 71.1 Å².